The molecule has 0 radical (unpaired) electrons. The van der Waals surface area contributed by atoms with Crippen molar-refractivity contribution in [3.63, 3.8) is 0 Å². The molecule has 1 aliphatic carbocycles. The van der Waals surface area contributed by atoms with Gasteiger partial charge in [-0.3, -0.25) is 4.79 Å². The van der Waals surface area contributed by atoms with Gasteiger partial charge in [0.05, 0.1) is 5.41 Å². The maximum atomic E-state index is 12.7. The summed E-state index contributed by atoms with van der Waals surface area (Å²) in [7, 11) is 0. The molecule has 3 nitrogen and oxygen atoms in total. The van der Waals surface area contributed by atoms with E-state index in [1.165, 1.54) is 0 Å². The molecule has 1 spiro atoms. The van der Waals surface area contributed by atoms with Crippen LogP contribution >= 0.6 is 0 Å². The third-order valence-electron chi connectivity index (χ3n) is 4.46. The minimum atomic E-state index is -0.159. The van der Waals surface area contributed by atoms with Crippen LogP contribution in [0.15, 0.2) is 30.3 Å². The van der Waals surface area contributed by atoms with E-state index < -0.39 is 0 Å². The molecule has 1 aromatic rings. The number of hydrogen-bond donors (Lipinski definition) is 1. The minimum Gasteiger partial charge on any atom is -0.328 e. The molecule has 2 aliphatic rings. The van der Waals surface area contributed by atoms with Gasteiger partial charge in [-0.05, 0) is 37.8 Å². The molecule has 3 heteroatoms. The van der Waals surface area contributed by atoms with Crippen LogP contribution in [0.1, 0.15) is 32.1 Å². The van der Waals surface area contributed by atoms with Gasteiger partial charge in [0.15, 0.2) is 0 Å². The smallest absolute Gasteiger partial charge is 0.233 e. The molecule has 0 aromatic heterocycles. The lowest BCUT2D eigenvalue weighted by Crippen LogP contribution is -2.42. The van der Waals surface area contributed by atoms with Crippen LogP contribution in [0.5, 0.6) is 0 Å². The highest BCUT2D eigenvalue weighted by atomic mass is 16.2. The van der Waals surface area contributed by atoms with Crippen LogP contribution in [0.3, 0.4) is 0 Å². The van der Waals surface area contributed by atoms with Gasteiger partial charge in [0.25, 0.3) is 0 Å². The number of benzene rings is 1. The summed E-state index contributed by atoms with van der Waals surface area (Å²) >= 11 is 0. The zero-order valence-corrected chi connectivity index (χ0v) is 10.6. The van der Waals surface area contributed by atoms with Gasteiger partial charge in [-0.25, -0.2) is 0 Å². The second kappa shape index (κ2) is 4.39. The van der Waals surface area contributed by atoms with Gasteiger partial charge < -0.3 is 10.6 Å². The summed E-state index contributed by atoms with van der Waals surface area (Å²) in [5.41, 5.74) is 6.93. The number of carbonyl (C=O) groups is 1. The van der Waals surface area contributed by atoms with Gasteiger partial charge in [-0.1, -0.05) is 24.6 Å². The van der Waals surface area contributed by atoms with Crippen molar-refractivity contribution in [2.24, 2.45) is 11.1 Å². The highest BCUT2D eigenvalue weighted by Gasteiger charge is 2.48. The fraction of sp³-hybridized carbons (Fsp3) is 0.533. The Morgan fingerprint density at radius 1 is 1.22 bits per heavy atom. The molecule has 2 unspecified atom stereocenters. The highest BCUT2D eigenvalue weighted by Crippen LogP contribution is 2.45. The van der Waals surface area contributed by atoms with Crippen LogP contribution < -0.4 is 10.6 Å². The van der Waals surface area contributed by atoms with Crippen LogP contribution in [0.2, 0.25) is 0 Å². The summed E-state index contributed by atoms with van der Waals surface area (Å²) < 4.78 is 0. The summed E-state index contributed by atoms with van der Waals surface area (Å²) in [5.74, 6) is 0.295. The normalized spacial score (nSPS) is 32.2. The van der Waals surface area contributed by atoms with Gasteiger partial charge in [0.2, 0.25) is 5.91 Å². The van der Waals surface area contributed by atoms with E-state index in [4.69, 9.17) is 5.73 Å². The van der Waals surface area contributed by atoms with Crippen LogP contribution in [-0.2, 0) is 4.79 Å². The molecule has 2 atom stereocenters. The van der Waals surface area contributed by atoms with E-state index in [9.17, 15) is 4.79 Å². The van der Waals surface area contributed by atoms with E-state index in [2.05, 4.69) is 0 Å². The zero-order valence-electron chi connectivity index (χ0n) is 10.6. The molecule has 2 N–H and O–H groups in total. The monoisotopic (exact) mass is 244 g/mol. The van der Waals surface area contributed by atoms with Crippen molar-refractivity contribution in [3.8, 4) is 0 Å². The Balaban J connectivity index is 1.84. The Bertz CT molecular complexity index is 445. The zero-order chi connectivity index (χ0) is 12.6. The van der Waals surface area contributed by atoms with E-state index in [-0.39, 0.29) is 11.5 Å². The van der Waals surface area contributed by atoms with Gasteiger partial charge >= 0.3 is 0 Å². The summed E-state index contributed by atoms with van der Waals surface area (Å²) in [4.78, 5) is 14.6. The van der Waals surface area contributed by atoms with E-state index in [1.807, 2.05) is 35.2 Å². The molecule has 0 bridgehead atoms. The van der Waals surface area contributed by atoms with Crippen molar-refractivity contribution in [3.05, 3.63) is 30.3 Å². The lowest BCUT2D eigenvalue weighted by atomic mass is 9.71. The molecule has 18 heavy (non-hydrogen) atoms. The fourth-order valence-corrected chi connectivity index (χ4v) is 3.50. The average Bonchev–Trinajstić information content (AvgIpc) is 2.68. The van der Waals surface area contributed by atoms with Gasteiger partial charge in [0, 0.05) is 18.3 Å². The quantitative estimate of drug-likeness (QED) is 0.824. The number of anilines is 1. The standard InChI is InChI=1S/C15H20N2O/c16-12-5-4-8-15(11-12)9-10-17(14(15)18)13-6-2-1-3-7-13/h1-3,6-7,12H,4-5,8-11,16H2. The molecule has 1 saturated heterocycles. The molecule has 1 heterocycles. The highest BCUT2D eigenvalue weighted by molar-refractivity contribution is 5.99. The Morgan fingerprint density at radius 2 is 2.00 bits per heavy atom. The van der Waals surface area contributed by atoms with Gasteiger partial charge in [0.1, 0.15) is 0 Å². The van der Waals surface area contributed by atoms with Gasteiger partial charge in [-0.15, -0.1) is 0 Å². The topological polar surface area (TPSA) is 46.3 Å². The van der Waals surface area contributed by atoms with Crippen molar-refractivity contribution < 1.29 is 4.79 Å². The van der Waals surface area contributed by atoms with E-state index >= 15 is 0 Å². The Kier molecular flexibility index (Phi) is 2.86. The molecular weight excluding hydrogens is 224 g/mol. The Labute approximate surface area is 108 Å². The van der Waals surface area contributed by atoms with Crippen molar-refractivity contribution >= 4 is 11.6 Å². The van der Waals surface area contributed by atoms with Crippen molar-refractivity contribution in [2.45, 2.75) is 38.1 Å². The number of hydrogen-bond acceptors (Lipinski definition) is 2. The van der Waals surface area contributed by atoms with Crippen molar-refractivity contribution in [1.82, 2.24) is 0 Å². The first kappa shape index (κ1) is 11.7. The average molecular weight is 244 g/mol. The molecule has 1 amide bonds. The first-order valence-electron chi connectivity index (χ1n) is 6.84. The summed E-state index contributed by atoms with van der Waals surface area (Å²) in [6.07, 6.45) is 5.02. The molecule has 2 fully saturated rings. The maximum absolute atomic E-state index is 12.7. The van der Waals surface area contributed by atoms with E-state index in [0.717, 1.165) is 44.3 Å². The van der Waals surface area contributed by atoms with Crippen LogP contribution in [0.4, 0.5) is 5.69 Å². The lowest BCUT2D eigenvalue weighted by molar-refractivity contribution is -0.127. The number of nitrogens with two attached hydrogens (primary N) is 1. The fourth-order valence-electron chi connectivity index (χ4n) is 3.50. The minimum absolute atomic E-state index is 0.159. The second-order valence-corrected chi connectivity index (χ2v) is 5.68. The number of para-hydroxylation sites is 1. The SMILES string of the molecule is NC1CCCC2(CCN(c3ccccc3)C2=O)C1. The van der Waals surface area contributed by atoms with Crippen LogP contribution in [0, 0.1) is 5.41 Å². The molecule has 1 saturated carbocycles. The van der Waals surface area contributed by atoms with E-state index in [0.29, 0.717) is 5.91 Å². The largest absolute Gasteiger partial charge is 0.328 e. The number of carbonyl (C=O) groups excluding carboxylic acids is 1. The third kappa shape index (κ3) is 1.83. The maximum Gasteiger partial charge on any atom is 0.233 e. The number of rotatable bonds is 1. The molecular formula is C15H20N2O. The van der Waals surface area contributed by atoms with Crippen LogP contribution in [0.25, 0.3) is 0 Å². The predicted molar refractivity (Wildman–Crippen MR) is 72.3 cm³/mol. The first-order valence-corrected chi connectivity index (χ1v) is 6.84. The molecule has 1 aliphatic heterocycles. The van der Waals surface area contributed by atoms with Crippen molar-refractivity contribution in [1.29, 1.82) is 0 Å². The Hall–Kier alpha value is -1.35. The van der Waals surface area contributed by atoms with Crippen molar-refractivity contribution in [2.75, 3.05) is 11.4 Å². The number of amides is 1. The Morgan fingerprint density at radius 3 is 2.72 bits per heavy atom. The number of nitrogens with zero attached hydrogens (tertiary/aromatic N) is 1. The first-order chi connectivity index (χ1) is 8.71. The van der Waals surface area contributed by atoms with E-state index in [1.54, 1.807) is 0 Å². The lowest BCUT2D eigenvalue weighted by Gasteiger charge is -2.34. The summed E-state index contributed by atoms with van der Waals surface area (Å²) in [6.45, 7) is 0.843. The van der Waals surface area contributed by atoms with Crippen LogP contribution in [-0.4, -0.2) is 18.5 Å². The third-order valence-corrected chi connectivity index (χ3v) is 4.46. The summed E-state index contributed by atoms with van der Waals surface area (Å²) in [6, 6.07) is 10.2. The summed E-state index contributed by atoms with van der Waals surface area (Å²) in [5, 5.41) is 0. The second-order valence-electron chi connectivity index (χ2n) is 5.68. The molecule has 3 rings (SSSR count). The molecule has 1 aromatic carbocycles. The van der Waals surface area contributed by atoms with Gasteiger partial charge in [-0.2, -0.15) is 0 Å². The molecule has 96 valence electrons. The predicted octanol–water partition coefficient (Wildman–Crippen LogP) is 2.31.